The van der Waals surface area contributed by atoms with E-state index in [4.69, 9.17) is 9.47 Å². The molecule has 0 atom stereocenters. The Bertz CT molecular complexity index is 745. The average molecular weight is 340 g/mol. The van der Waals surface area contributed by atoms with Gasteiger partial charge >= 0.3 is 0 Å². The van der Waals surface area contributed by atoms with Crippen LogP contribution in [-0.4, -0.2) is 65.1 Å². The molecule has 0 bridgehead atoms. The molecular formula is C18H20N4O3. The van der Waals surface area contributed by atoms with E-state index in [1.54, 1.807) is 12.4 Å². The fraction of sp³-hybridized carbons (Fsp3) is 0.389. The Kier molecular flexibility index (Phi) is 4.47. The summed E-state index contributed by atoms with van der Waals surface area (Å²) in [5.41, 5.74) is 1.60. The van der Waals surface area contributed by atoms with Crippen LogP contribution in [0.1, 0.15) is 16.1 Å². The molecule has 2 aromatic rings. The second-order valence-electron chi connectivity index (χ2n) is 6.14. The Labute approximate surface area is 146 Å². The van der Waals surface area contributed by atoms with Crippen LogP contribution in [0.2, 0.25) is 0 Å². The summed E-state index contributed by atoms with van der Waals surface area (Å²) in [5.74, 6) is 1.58. The van der Waals surface area contributed by atoms with Gasteiger partial charge in [0.25, 0.3) is 5.91 Å². The quantitative estimate of drug-likeness (QED) is 0.837. The minimum absolute atomic E-state index is 0.0490. The van der Waals surface area contributed by atoms with Crippen molar-refractivity contribution >= 4 is 5.91 Å². The first-order valence-electron chi connectivity index (χ1n) is 8.46. The summed E-state index contributed by atoms with van der Waals surface area (Å²) in [6, 6.07) is 6.09. The van der Waals surface area contributed by atoms with Crippen LogP contribution in [0.5, 0.6) is 11.5 Å². The molecule has 25 heavy (non-hydrogen) atoms. The van der Waals surface area contributed by atoms with E-state index in [1.807, 2.05) is 17.0 Å². The summed E-state index contributed by atoms with van der Waals surface area (Å²) >= 11 is 0. The van der Waals surface area contributed by atoms with Crippen LogP contribution in [0, 0.1) is 0 Å². The summed E-state index contributed by atoms with van der Waals surface area (Å²) in [5, 5.41) is 0. The van der Waals surface area contributed by atoms with Crippen LogP contribution < -0.4 is 9.47 Å². The number of nitrogens with zero attached hydrogens (tertiary/aromatic N) is 4. The van der Waals surface area contributed by atoms with Gasteiger partial charge < -0.3 is 14.4 Å². The number of piperazine rings is 1. The number of aromatic nitrogens is 2. The zero-order valence-electron chi connectivity index (χ0n) is 13.9. The molecule has 0 aliphatic carbocycles. The maximum Gasteiger partial charge on any atom is 0.274 e. The number of carbonyl (C=O) groups excluding carboxylic acids is 1. The van der Waals surface area contributed by atoms with Crippen LogP contribution >= 0.6 is 0 Å². The molecular weight excluding hydrogens is 320 g/mol. The first-order valence-corrected chi connectivity index (χ1v) is 8.46. The second-order valence-corrected chi connectivity index (χ2v) is 6.14. The number of fused-ring (bicyclic) bond motifs is 1. The smallest absolute Gasteiger partial charge is 0.274 e. The topological polar surface area (TPSA) is 67.8 Å². The van der Waals surface area contributed by atoms with Crippen molar-refractivity contribution in [2.75, 3.05) is 39.4 Å². The fourth-order valence-corrected chi connectivity index (χ4v) is 3.12. The number of hydrogen-bond acceptors (Lipinski definition) is 6. The minimum Gasteiger partial charge on any atom is -0.486 e. The SMILES string of the molecule is O=C(c1cnccn1)N1CCN(Cc2ccc3c(c2)OCCO3)CC1. The van der Waals surface area contributed by atoms with Gasteiger partial charge in [0.2, 0.25) is 0 Å². The van der Waals surface area contributed by atoms with Crippen molar-refractivity contribution in [3.05, 3.63) is 48.0 Å². The third-order valence-electron chi connectivity index (χ3n) is 4.45. The Morgan fingerprint density at radius 2 is 1.84 bits per heavy atom. The van der Waals surface area contributed by atoms with Gasteiger partial charge in [-0.05, 0) is 17.7 Å². The van der Waals surface area contributed by atoms with Crippen molar-refractivity contribution in [1.82, 2.24) is 19.8 Å². The van der Waals surface area contributed by atoms with E-state index in [2.05, 4.69) is 20.9 Å². The van der Waals surface area contributed by atoms with E-state index in [1.165, 1.54) is 11.8 Å². The summed E-state index contributed by atoms with van der Waals surface area (Å²) in [6.45, 7) is 5.10. The third-order valence-corrected chi connectivity index (χ3v) is 4.45. The lowest BCUT2D eigenvalue weighted by Crippen LogP contribution is -2.48. The molecule has 0 unspecified atom stereocenters. The Hall–Kier alpha value is -2.67. The van der Waals surface area contributed by atoms with Gasteiger partial charge in [-0.25, -0.2) is 4.98 Å². The lowest BCUT2D eigenvalue weighted by atomic mass is 10.1. The van der Waals surface area contributed by atoms with Crippen molar-refractivity contribution in [1.29, 1.82) is 0 Å². The highest BCUT2D eigenvalue weighted by molar-refractivity contribution is 5.92. The predicted octanol–water partition coefficient (Wildman–Crippen LogP) is 1.21. The molecule has 1 aromatic heterocycles. The molecule has 130 valence electrons. The van der Waals surface area contributed by atoms with Crippen molar-refractivity contribution < 1.29 is 14.3 Å². The van der Waals surface area contributed by atoms with Gasteiger partial charge in [-0.15, -0.1) is 0 Å². The van der Waals surface area contributed by atoms with Crippen LogP contribution in [0.3, 0.4) is 0 Å². The van der Waals surface area contributed by atoms with Gasteiger partial charge in [0, 0.05) is 45.1 Å². The lowest BCUT2D eigenvalue weighted by molar-refractivity contribution is 0.0622. The molecule has 1 amide bonds. The summed E-state index contributed by atoms with van der Waals surface area (Å²) < 4.78 is 11.2. The molecule has 0 N–H and O–H groups in total. The van der Waals surface area contributed by atoms with Gasteiger partial charge in [-0.2, -0.15) is 0 Å². The first-order chi connectivity index (χ1) is 12.3. The highest BCUT2D eigenvalue weighted by Gasteiger charge is 2.23. The molecule has 1 fully saturated rings. The van der Waals surface area contributed by atoms with Crippen molar-refractivity contribution in [3.63, 3.8) is 0 Å². The standard InChI is InChI=1S/C18H20N4O3/c23-18(15-12-19-3-4-20-15)22-7-5-21(6-8-22)13-14-1-2-16-17(11-14)25-10-9-24-16/h1-4,11-12H,5-10,13H2. The highest BCUT2D eigenvalue weighted by Crippen LogP contribution is 2.31. The van der Waals surface area contributed by atoms with Gasteiger partial charge in [0.1, 0.15) is 18.9 Å². The molecule has 4 rings (SSSR count). The van der Waals surface area contributed by atoms with E-state index in [9.17, 15) is 4.79 Å². The molecule has 0 saturated carbocycles. The molecule has 3 heterocycles. The van der Waals surface area contributed by atoms with Crippen LogP contribution in [0.15, 0.2) is 36.8 Å². The van der Waals surface area contributed by atoms with Gasteiger partial charge in [0.15, 0.2) is 11.5 Å². The van der Waals surface area contributed by atoms with Gasteiger partial charge in [-0.3, -0.25) is 14.7 Å². The van der Waals surface area contributed by atoms with E-state index in [-0.39, 0.29) is 5.91 Å². The summed E-state index contributed by atoms with van der Waals surface area (Å²) in [6.07, 6.45) is 4.64. The molecule has 7 nitrogen and oxygen atoms in total. The van der Waals surface area contributed by atoms with Crippen molar-refractivity contribution in [3.8, 4) is 11.5 Å². The molecule has 2 aliphatic heterocycles. The highest BCUT2D eigenvalue weighted by atomic mass is 16.6. The molecule has 1 saturated heterocycles. The molecule has 1 aromatic carbocycles. The number of amides is 1. The minimum atomic E-state index is -0.0490. The summed E-state index contributed by atoms with van der Waals surface area (Å²) in [4.78, 5) is 24.6. The average Bonchev–Trinajstić information content (AvgIpc) is 2.69. The fourth-order valence-electron chi connectivity index (χ4n) is 3.12. The monoisotopic (exact) mass is 340 g/mol. The van der Waals surface area contributed by atoms with Crippen LogP contribution in [0.25, 0.3) is 0 Å². The van der Waals surface area contributed by atoms with Crippen molar-refractivity contribution in [2.24, 2.45) is 0 Å². The van der Waals surface area contributed by atoms with E-state index in [0.717, 1.165) is 31.1 Å². The van der Waals surface area contributed by atoms with Gasteiger partial charge in [0.05, 0.1) is 6.20 Å². The predicted molar refractivity (Wildman–Crippen MR) is 90.6 cm³/mol. The van der Waals surface area contributed by atoms with E-state index in [0.29, 0.717) is 32.0 Å². The van der Waals surface area contributed by atoms with E-state index < -0.39 is 0 Å². The number of ether oxygens (including phenoxy) is 2. The van der Waals surface area contributed by atoms with E-state index >= 15 is 0 Å². The zero-order valence-corrected chi connectivity index (χ0v) is 13.9. The Morgan fingerprint density at radius 1 is 1.04 bits per heavy atom. The number of benzene rings is 1. The molecule has 2 aliphatic rings. The lowest BCUT2D eigenvalue weighted by Gasteiger charge is -2.34. The largest absolute Gasteiger partial charge is 0.486 e. The third kappa shape index (κ3) is 3.56. The molecule has 0 spiro atoms. The zero-order chi connectivity index (χ0) is 17.1. The molecule has 0 radical (unpaired) electrons. The number of rotatable bonds is 3. The summed E-state index contributed by atoms with van der Waals surface area (Å²) in [7, 11) is 0. The van der Waals surface area contributed by atoms with Crippen LogP contribution in [0.4, 0.5) is 0 Å². The Balaban J connectivity index is 1.34. The Morgan fingerprint density at radius 3 is 2.60 bits per heavy atom. The maximum absolute atomic E-state index is 12.4. The number of hydrogen-bond donors (Lipinski definition) is 0. The first kappa shape index (κ1) is 15.8. The molecule has 7 heteroatoms. The normalized spacial score (nSPS) is 17.4. The van der Waals surface area contributed by atoms with Crippen molar-refractivity contribution in [2.45, 2.75) is 6.54 Å². The number of carbonyl (C=O) groups is 1. The van der Waals surface area contributed by atoms with Gasteiger partial charge in [-0.1, -0.05) is 6.07 Å². The van der Waals surface area contributed by atoms with Crippen LogP contribution in [-0.2, 0) is 6.54 Å². The maximum atomic E-state index is 12.4. The second kappa shape index (κ2) is 7.06.